The van der Waals surface area contributed by atoms with Crippen LogP contribution in [0.2, 0.25) is 0 Å². The van der Waals surface area contributed by atoms with Crippen molar-refractivity contribution in [2.45, 2.75) is 4.90 Å². The highest BCUT2D eigenvalue weighted by Crippen LogP contribution is 2.35. The van der Waals surface area contributed by atoms with Gasteiger partial charge < -0.3 is 11.1 Å². The van der Waals surface area contributed by atoms with Gasteiger partial charge >= 0.3 is 0 Å². The smallest absolute Gasteiger partial charge is 0.257 e. The number of thioether (sulfide) groups is 1. The molecule has 0 spiro atoms. The third-order valence-corrected chi connectivity index (χ3v) is 5.53. The number of nitrogens with two attached hydrogens (primary N) is 1. The second-order valence-corrected chi connectivity index (χ2v) is 7.14. The molecule has 1 heterocycles. The van der Waals surface area contributed by atoms with Crippen LogP contribution >= 0.6 is 23.1 Å². The molecule has 2 aromatic carbocycles. The molecule has 6 heteroatoms. The molecule has 0 saturated heterocycles. The largest absolute Gasteiger partial charge is 0.366 e. The molecule has 126 valence electrons. The lowest BCUT2D eigenvalue weighted by Gasteiger charge is -2.08. The zero-order valence-corrected chi connectivity index (χ0v) is 15.1. The first kappa shape index (κ1) is 17.3. The quantitative estimate of drug-likeness (QED) is 0.652. The highest BCUT2D eigenvalue weighted by molar-refractivity contribution is 7.98. The van der Waals surface area contributed by atoms with Gasteiger partial charge in [0.2, 0.25) is 0 Å². The molecule has 0 unspecified atom stereocenters. The van der Waals surface area contributed by atoms with E-state index in [4.69, 9.17) is 5.73 Å². The molecule has 0 fully saturated rings. The maximum Gasteiger partial charge on any atom is 0.257 e. The number of rotatable bonds is 5. The Morgan fingerprint density at radius 3 is 2.36 bits per heavy atom. The van der Waals surface area contributed by atoms with Gasteiger partial charge in [-0.25, -0.2) is 0 Å². The van der Waals surface area contributed by atoms with Crippen LogP contribution in [-0.2, 0) is 0 Å². The normalized spacial score (nSPS) is 10.4. The van der Waals surface area contributed by atoms with Crippen molar-refractivity contribution >= 4 is 39.9 Å². The van der Waals surface area contributed by atoms with Crippen LogP contribution in [0.4, 0.5) is 5.00 Å². The summed E-state index contributed by atoms with van der Waals surface area (Å²) in [5, 5.41) is 3.30. The van der Waals surface area contributed by atoms with Gasteiger partial charge in [-0.3, -0.25) is 9.59 Å². The SMILES string of the molecule is CSc1ccccc1C(=O)Nc1sc(-c2ccccc2)cc1C(N)=O. The lowest BCUT2D eigenvalue weighted by molar-refractivity contribution is 0.100. The molecule has 0 aliphatic heterocycles. The maximum atomic E-state index is 12.6. The van der Waals surface area contributed by atoms with E-state index >= 15 is 0 Å². The third kappa shape index (κ3) is 3.75. The van der Waals surface area contributed by atoms with Crippen LogP contribution in [0, 0.1) is 0 Å². The first-order valence-electron chi connectivity index (χ1n) is 7.53. The average molecular weight is 368 g/mol. The molecule has 0 aliphatic rings. The summed E-state index contributed by atoms with van der Waals surface area (Å²) < 4.78 is 0. The summed E-state index contributed by atoms with van der Waals surface area (Å²) in [5.74, 6) is -0.819. The predicted octanol–water partition coefficient (Wildman–Crippen LogP) is 4.49. The standard InChI is InChI=1S/C19H16N2O2S2/c1-24-15-10-6-5-9-13(15)18(23)21-19-14(17(20)22)11-16(25-19)12-7-3-2-4-8-12/h2-11H,1H3,(H2,20,22)(H,21,23). The number of carbonyl (C=O) groups is 2. The van der Waals surface area contributed by atoms with E-state index in [1.807, 2.05) is 54.8 Å². The van der Waals surface area contributed by atoms with Gasteiger partial charge in [0.1, 0.15) is 5.00 Å². The van der Waals surface area contributed by atoms with Gasteiger partial charge in [-0.1, -0.05) is 42.5 Å². The van der Waals surface area contributed by atoms with Gasteiger partial charge in [-0.15, -0.1) is 23.1 Å². The number of nitrogens with one attached hydrogen (secondary N) is 1. The zero-order valence-electron chi connectivity index (χ0n) is 13.5. The average Bonchev–Trinajstić information content (AvgIpc) is 3.06. The van der Waals surface area contributed by atoms with Gasteiger partial charge in [0.25, 0.3) is 11.8 Å². The van der Waals surface area contributed by atoms with Crippen molar-refractivity contribution in [2.75, 3.05) is 11.6 Å². The maximum absolute atomic E-state index is 12.6. The molecule has 0 aliphatic carbocycles. The molecule has 0 bridgehead atoms. The first-order chi connectivity index (χ1) is 12.1. The summed E-state index contributed by atoms with van der Waals surface area (Å²) in [4.78, 5) is 26.2. The summed E-state index contributed by atoms with van der Waals surface area (Å²) in [6.07, 6.45) is 1.92. The number of amides is 2. The monoisotopic (exact) mass is 368 g/mol. The van der Waals surface area contributed by atoms with E-state index in [0.29, 0.717) is 16.1 Å². The number of anilines is 1. The second-order valence-electron chi connectivity index (χ2n) is 5.24. The molecule has 4 nitrogen and oxygen atoms in total. The van der Waals surface area contributed by atoms with Crippen LogP contribution < -0.4 is 11.1 Å². The van der Waals surface area contributed by atoms with Crippen LogP contribution in [0.15, 0.2) is 65.6 Å². The van der Waals surface area contributed by atoms with Crippen molar-refractivity contribution in [3.8, 4) is 10.4 Å². The van der Waals surface area contributed by atoms with E-state index in [1.54, 1.807) is 12.1 Å². The number of hydrogen-bond donors (Lipinski definition) is 2. The molecular weight excluding hydrogens is 352 g/mol. The molecule has 25 heavy (non-hydrogen) atoms. The van der Waals surface area contributed by atoms with E-state index in [1.165, 1.54) is 23.1 Å². The van der Waals surface area contributed by atoms with Crippen LogP contribution in [0.1, 0.15) is 20.7 Å². The van der Waals surface area contributed by atoms with E-state index in [2.05, 4.69) is 5.32 Å². The molecule has 0 radical (unpaired) electrons. The fourth-order valence-electron chi connectivity index (χ4n) is 2.41. The minimum Gasteiger partial charge on any atom is -0.366 e. The Bertz CT molecular complexity index is 920. The molecule has 3 aromatic rings. The Labute approximate surface area is 154 Å². The molecule has 1 aromatic heterocycles. The summed E-state index contributed by atoms with van der Waals surface area (Å²) >= 11 is 2.84. The van der Waals surface area contributed by atoms with Gasteiger partial charge in [0.05, 0.1) is 11.1 Å². The second kappa shape index (κ2) is 7.55. The Morgan fingerprint density at radius 1 is 1.00 bits per heavy atom. The van der Waals surface area contributed by atoms with Crippen LogP contribution in [0.5, 0.6) is 0 Å². The Morgan fingerprint density at radius 2 is 1.68 bits per heavy atom. The van der Waals surface area contributed by atoms with Gasteiger partial charge in [0.15, 0.2) is 0 Å². The first-order valence-corrected chi connectivity index (χ1v) is 9.57. The molecule has 0 atom stereocenters. The summed E-state index contributed by atoms with van der Waals surface area (Å²) in [6, 6.07) is 18.7. The molecule has 3 N–H and O–H groups in total. The van der Waals surface area contributed by atoms with Crippen LogP contribution in [0.3, 0.4) is 0 Å². The van der Waals surface area contributed by atoms with Crippen LogP contribution in [-0.4, -0.2) is 18.1 Å². The van der Waals surface area contributed by atoms with Crippen molar-refractivity contribution in [2.24, 2.45) is 5.73 Å². The Balaban J connectivity index is 1.95. The number of benzene rings is 2. The number of carbonyl (C=O) groups excluding carboxylic acids is 2. The number of thiophene rings is 1. The van der Waals surface area contributed by atoms with Gasteiger partial charge in [0, 0.05) is 9.77 Å². The van der Waals surface area contributed by atoms with Crippen molar-refractivity contribution in [1.82, 2.24) is 0 Å². The van der Waals surface area contributed by atoms with Crippen LogP contribution in [0.25, 0.3) is 10.4 Å². The summed E-state index contributed by atoms with van der Waals surface area (Å²) in [5.41, 5.74) is 7.35. The van der Waals surface area contributed by atoms with Crippen molar-refractivity contribution < 1.29 is 9.59 Å². The minimum atomic E-state index is -0.563. The van der Waals surface area contributed by atoms with Gasteiger partial charge in [-0.2, -0.15) is 0 Å². The highest BCUT2D eigenvalue weighted by Gasteiger charge is 2.18. The van der Waals surface area contributed by atoms with E-state index < -0.39 is 5.91 Å². The summed E-state index contributed by atoms with van der Waals surface area (Å²) in [6.45, 7) is 0. The molecule has 3 rings (SSSR count). The fourth-order valence-corrected chi connectivity index (χ4v) is 4.07. The predicted molar refractivity (Wildman–Crippen MR) is 104 cm³/mol. The van der Waals surface area contributed by atoms with Crippen molar-refractivity contribution in [3.63, 3.8) is 0 Å². The third-order valence-electron chi connectivity index (χ3n) is 3.63. The lowest BCUT2D eigenvalue weighted by Crippen LogP contribution is -2.17. The lowest BCUT2D eigenvalue weighted by atomic mass is 10.1. The molecular formula is C19H16N2O2S2. The fraction of sp³-hybridized carbons (Fsp3) is 0.0526. The number of hydrogen-bond acceptors (Lipinski definition) is 4. The van der Waals surface area contributed by atoms with Gasteiger partial charge in [-0.05, 0) is 30.0 Å². The topological polar surface area (TPSA) is 72.2 Å². The highest BCUT2D eigenvalue weighted by atomic mass is 32.2. The number of primary amides is 1. The molecule has 0 saturated carbocycles. The minimum absolute atomic E-state index is 0.256. The summed E-state index contributed by atoms with van der Waals surface area (Å²) in [7, 11) is 0. The van der Waals surface area contributed by atoms with E-state index in [-0.39, 0.29) is 5.91 Å². The Kier molecular flexibility index (Phi) is 5.21. The Hall–Kier alpha value is -2.57. The molecule has 2 amide bonds. The van der Waals surface area contributed by atoms with Crippen molar-refractivity contribution in [1.29, 1.82) is 0 Å². The van der Waals surface area contributed by atoms with E-state index in [9.17, 15) is 9.59 Å². The zero-order chi connectivity index (χ0) is 17.8. The van der Waals surface area contributed by atoms with Crippen molar-refractivity contribution in [3.05, 3.63) is 71.8 Å². The van der Waals surface area contributed by atoms with E-state index in [0.717, 1.165) is 15.3 Å².